The second-order valence-electron chi connectivity index (χ2n) is 2.58. The van der Waals surface area contributed by atoms with Gasteiger partial charge in [0.25, 0.3) is 0 Å². The molecular weight excluding hydrogens is 232 g/mol. The largest absolute Gasteiger partial charge is 0.364 e. The van der Waals surface area contributed by atoms with Gasteiger partial charge in [-0.25, -0.2) is 0 Å². The molecule has 84 valence electrons. The predicted molar refractivity (Wildman–Crippen MR) is 50.5 cm³/mol. The van der Waals surface area contributed by atoms with E-state index in [9.17, 15) is 9.13 Å². The number of rotatable bonds is 5. The third-order valence-corrected chi connectivity index (χ3v) is 4.45. The first-order valence-corrected chi connectivity index (χ1v) is 6.94. The minimum atomic E-state index is -4.88. The molecule has 0 atom stereocenters. The van der Waals surface area contributed by atoms with Gasteiger partial charge in [0.05, 0.1) is 0 Å². The van der Waals surface area contributed by atoms with Crippen molar-refractivity contribution in [3.8, 4) is 0 Å². The lowest BCUT2D eigenvalue weighted by atomic mass is 10.3. The maximum atomic E-state index is 10.7. The van der Waals surface area contributed by atoms with Crippen molar-refractivity contribution in [3.05, 3.63) is 11.1 Å². The molecule has 0 fully saturated rings. The van der Waals surface area contributed by atoms with Crippen molar-refractivity contribution in [3.63, 3.8) is 0 Å². The second-order valence-corrected chi connectivity index (χ2v) is 6.07. The van der Waals surface area contributed by atoms with E-state index in [0.717, 1.165) is 6.08 Å². The van der Waals surface area contributed by atoms with Crippen LogP contribution >= 0.6 is 15.2 Å². The SMILES string of the molecule is NCCCC=C(P(=O)(O)O)P(=O)(O)O. The fourth-order valence-corrected chi connectivity index (χ4v) is 2.85. The van der Waals surface area contributed by atoms with Crippen molar-refractivity contribution in [2.45, 2.75) is 12.8 Å². The highest BCUT2D eigenvalue weighted by molar-refractivity contribution is 7.77. The van der Waals surface area contributed by atoms with Crippen molar-refractivity contribution in [2.24, 2.45) is 5.73 Å². The van der Waals surface area contributed by atoms with E-state index >= 15 is 0 Å². The Hall–Kier alpha value is -0.0000000000000000971. The quantitative estimate of drug-likeness (QED) is 0.337. The molecule has 7 nitrogen and oxygen atoms in total. The highest BCUT2D eigenvalue weighted by atomic mass is 31.2. The summed E-state index contributed by atoms with van der Waals surface area (Å²) in [4.78, 5) is 34.5. The van der Waals surface area contributed by atoms with Gasteiger partial charge in [0.15, 0.2) is 0 Å². The molecule has 0 heterocycles. The van der Waals surface area contributed by atoms with Crippen molar-refractivity contribution in [1.29, 1.82) is 0 Å². The summed E-state index contributed by atoms with van der Waals surface area (Å²) in [5, 5.41) is -1.13. The van der Waals surface area contributed by atoms with Crippen LogP contribution < -0.4 is 5.73 Å². The Bertz CT molecular complexity index is 277. The maximum Gasteiger partial charge on any atom is 0.364 e. The van der Waals surface area contributed by atoms with Gasteiger partial charge in [-0.3, -0.25) is 9.13 Å². The van der Waals surface area contributed by atoms with Gasteiger partial charge < -0.3 is 25.3 Å². The zero-order chi connectivity index (χ0) is 11.4. The Kier molecular flexibility index (Phi) is 5.19. The Morgan fingerprint density at radius 2 is 1.57 bits per heavy atom. The Morgan fingerprint density at radius 3 is 1.86 bits per heavy atom. The highest BCUT2D eigenvalue weighted by Crippen LogP contribution is 2.63. The van der Waals surface area contributed by atoms with Crippen LogP contribution in [0.2, 0.25) is 0 Å². The molecule has 0 aromatic rings. The van der Waals surface area contributed by atoms with Crippen LogP contribution in [-0.2, 0) is 9.13 Å². The van der Waals surface area contributed by atoms with E-state index in [-0.39, 0.29) is 13.0 Å². The summed E-state index contributed by atoms with van der Waals surface area (Å²) in [5.74, 6) is 0. The van der Waals surface area contributed by atoms with Crippen LogP contribution in [0.3, 0.4) is 0 Å². The minimum Gasteiger partial charge on any atom is -0.330 e. The normalized spacial score (nSPS) is 12.6. The third-order valence-electron chi connectivity index (χ3n) is 1.33. The number of hydrogen-bond acceptors (Lipinski definition) is 3. The van der Waals surface area contributed by atoms with Gasteiger partial charge in [-0.05, 0) is 19.4 Å². The fourth-order valence-electron chi connectivity index (χ4n) is 0.757. The zero-order valence-corrected chi connectivity index (χ0v) is 9.06. The standard InChI is InChI=1S/C5H13NO6P2/c6-4-2-1-3-5(13(7,8)9)14(10,11)12/h3H,1-2,4,6H2,(H2,7,8,9)(H2,10,11,12). The molecule has 9 heteroatoms. The van der Waals surface area contributed by atoms with Gasteiger partial charge in [-0.15, -0.1) is 0 Å². The van der Waals surface area contributed by atoms with Crippen molar-refractivity contribution in [1.82, 2.24) is 0 Å². The average molecular weight is 245 g/mol. The molecule has 0 aliphatic carbocycles. The van der Waals surface area contributed by atoms with Gasteiger partial charge in [0, 0.05) is 0 Å². The lowest BCUT2D eigenvalue weighted by molar-refractivity contribution is 0.367. The van der Waals surface area contributed by atoms with Gasteiger partial charge >= 0.3 is 15.2 Å². The van der Waals surface area contributed by atoms with E-state index in [1.165, 1.54) is 0 Å². The van der Waals surface area contributed by atoms with Crippen LogP contribution in [0.5, 0.6) is 0 Å². The lowest BCUT2D eigenvalue weighted by Crippen LogP contribution is -1.97. The van der Waals surface area contributed by atoms with Crippen LogP contribution in [0.1, 0.15) is 12.8 Å². The molecule has 6 N–H and O–H groups in total. The molecule has 0 bridgehead atoms. The topological polar surface area (TPSA) is 141 Å². The van der Waals surface area contributed by atoms with E-state index in [0.29, 0.717) is 6.42 Å². The van der Waals surface area contributed by atoms with Crippen LogP contribution in [0.15, 0.2) is 11.1 Å². The van der Waals surface area contributed by atoms with Crippen LogP contribution in [-0.4, -0.2) is 26.1 Å². The Morgan fingerprint density at radius 1 is 1.14 bits per heavy atom. The summed E-state index contributed by atoms with van der Waals surface area (Å²) in [6.07, 6.45) is 1.39. The summed E-state index contributed by atoms with van der Waals surface area (Å²) >= 11 is 0. The van der Waals surface area contributed by atoms with Crippen LogP contribution in [0.25, 0.3) is 0 Å². The number of hydrogen-bond donors (Lipinski definition) is 5. The summed E-state index contributed by atoms with van der Waals surface area (Å²) in [6, 6.07) is 0. The predicted octanol–water partition coefficient (Wildman–Crippen LogP) is -0.0779. The van der Waals surface area contributed by atoms with Crippen LogP contribution in [0.4, 0.5) is 0 Å². The smallest absolute Gasteiger partial charge is 0.330 e. The van der Waals surface area contributed by atoms with E-state index in [2.05, 4.69) is 0 Å². The van der Waals surface area contributed by atoms with Crippen LogP contribution in [0, 0.1) is 0 Å². The summed E-state index contributed by atoms with van der Waals surface area (Å²) in [7, 11) is -9.76. The van der Waals surface area contributed by atoms with E-state index in [4.69, 9.17) is 25.3 Å². The number of nitrogens with two attached hydrogens (primary N) is 1. The monoisotopic (exact) mass is 245 g/mol. The molecule has 0 saturated heterocycles. The fraction of sp³-hybridized carbons (Fsp3) is 0.600. The third kappa shape index (κ3) is 5.02. The lowest BCUT2D eigenvalue weighted by Gasteiger charge is -2.10. The molecule has 0 radical (unpaired) electrons. The maximum absolute atomic E-state index is 10.7. The highest BCUT2D eigenvalue weighted by Gasteiger charge is 2.35. The van der Waals surface area contributed by atoms with Crippen molar-refractivity contribution < 1.29 is 28.7 Å². The average Bonchev–Trinajstić information content (AvgIpc) is 1.92. The molecular formula is C5H13NO6P2. The first-order chi connectivity index (χ1) is 6.19. The van der Waals surface area contributed by atoms with Gasteiger partial charge in [-0.1, -0.05) is 6.08 Å². The Balaban J connectivity index is 4.86. The first-order valence-electron chi connectivity index (χ1n) is 3.72. The van der Waals surface area contributed by atoms with Gasteiger partial charge in [0.2, 0.25) is 0 Å². The molecule has 0 aromatic carbocycles. The molecule has 0 saturated carbocycles. The Labute approximate surface area is 81.0 Å². The molecule has 0 rings (SSSR count). The molecule has 0 spiro atoms. The minimum absolute atomic E-state index is 0.127. The zero-order valence-electron chi connectivity index (χ0n) is 7.28. The summed E-state index contributed by atoms with van der Waals surface area (Å²) < 4.78 is 21.3. The molecule has 0 aromatic heterocycles. The molecule has 0 aliphatic rings. The van der Waals surface area contributed by atoms with Crippen molar-refractivity contribution in [2.75, 3.05) is 6.54 Å². The molecule has 14 heavy (non-hydrogen) atoms. The van der Waals surface area contributed by atoms with Crippen molar-refractivity contribution >= 4 is 15.2 Å². The van der Waals surface area contributed by atoms with Gasteiger partial charge in [-0.2, -0.15) is 0 Å². The van der Waals surface area contributed by atoms with E-state index < -0.39 is 20.2 Å². The summed E-state index contributed by atoms with van der Waals surface area (Å²) in [6.45, 7) is 0.284. The second kappa shape index (κ2) is 5.19. The van der Waals surface area contributed by atoms with Gasteiger partial charge in [0.1, 0.15) is 5.06 Å². The van der Waals surface area contributed by atoms with E-state index in [1.807, 2.05) is 0 Å². The number of allylic oxidation sites excluding steroid dienone is 1. The molecule has 0 amide bonds. The first kappa shape index (κ1) is 14.0. The number of unbranched alkanes of at least 4 members (excludes halogenated alkanes) is 1. The summed E-state index contributed by atoms with van der Waals surface area (Å²) in [5.41, 5.74) is 5.12. The molecule has 0 unspecified atom stereocenters. The van der Waals surface area contributed by atoms with E-state index in [1.54, 1.807) is 0 Å². The molecule has 0 aliphatic heterocycles.